The number of sulfonamides is 1. The van der Waals surface area contributed by atoms with Gasteiger partial charge >= 0.3 is 6.18 Å². The maximum Gasteiger partial charge on any atom is 0.416 e. The molecule has 0 aromatic heterocycles. The van der Waals surface area contributed by atoms with Crippen LogP contribution in [0.25, 0.3) is 0 Å². The SMILES string of the molecule is Cc1cccc(S(=O)(=O)Nc2cc(C(F)(F)F)ccc2N2CCCC2)c1. The average Bonchev–Trinajstić information content (AvgIpc) is 3.08. The molecule has 2 aromatic carbocycles. The van der Waals surface area contributed by atoms with Crippen molar-refractivity contribution in [2.45, 2.75) is 30.8 Å². The molecule has 1 fully saturated rings. The van der Waals surface area contributed by atoms with Gasteiger partial charge in [-0.1, -0.05) is 12.1 Å². The Labute approximate surface area is 150 Å². The molecule has 0 unspecified atom stereocenters. The summed E-state index contributed by atoms with van der Waals surface area (Å²) in [5.41, 5.74) is 0.272. The summed E-state index contributed by atoms with van der Waals surface area (Å²) in [6.45, 7) is 3.12. The highest BCUT2D eigenvalue weighted by Gasteiger charge is 2.32. The summed E-state index contributed by atoms with van der Waals surface area (Å²) < 4.78 is 67.0. The third-order valence-electron chi connectivity index (χ3n) is 4.31. The summed E-state index contributed by atoms with van der Waals surface area (Å²) in [5, 5.41) is 0. The summed E-state index contributed by atoms with van der Waals surface area (Å²) in [4.78, 5) is 1.91. The van der Waals surface area contributed by atoms with Gasteiger partial charge in [-0.05, 0) is 55.7 Å². The summed E-state index contributed by atoms with van der Waals surface area (Å²) in [7, 11) is -3.99. The molecule has 0 atom stereocenters. The first-order valence-electron chi connectivity index (χ1n) is 8.22. The number of benzene rings is 2. The van der Waals surface area contributed by atoms with E-state index in [1.807, 2.05) is 4.90 Å². The maximum absolute atomic E-state index is 13.1. The Hall–Kier alpha value is -2.22. The Morgan fingerprint density at radius 1 is 1.04 bits per heavy atom. The fourth-order valence-corrected chi connectivity index (χ4v) is 4.18. The fraction of sp³-hybridized carbons (Fsp3) is 0.333. The maximum atomic E-state index is 13.1. The lowest BCUT2D eigenvalue weighted by molar-refractivity contribution is -0.137. The quantitative estimate of drug-likeness (QED) is 0.849. The van der Waals surface area contributed by atoms with Crippen LogP contribution in [0.4, 0.5) is 24.5 Å². The van der Waals surface area contributed by atoms with Gasteiger partial charge in [0.25, 0.3) is 10.0 Å². The largest absolute Gasteiger partial charge is 0.416 e. The van der Waals surface area contributed by atoms with Crippen molar-refractivity contribution in [1.82, 2.24) is 0 Å². The van der Waals surface area contributed by atoms with Crippen molar-refractivity contribution >= 4 is 21.4 Å². The molecule has 0 radical (unpaired) electrons. The van der Waals surface area contributed by atoms with Gasteiger partial charge in [-0.15, -0.1) is 0 Å². The highest BCUT2D eigenvalue weighted by Crippen LogP contribution is 2.37. The van der Waals surface area contributed by atoms with E-state index in [1.54, 1.807) is 19.1 Å². The molecule has 3 rings (SSSR count). The lowest BCUT2D eigenvalue weighted by atomic mass is 10.1. The summed E-state index contributed by atoms with van der Waals surface area (Å²) in [6, 6.07) is 9.42. The molecule has 0 saturated carbocycles. The van der Waals surface area contributed by atoms with E-state index in [-0.39, 0.29) is 10.6 Å². The lowest BCUT2D eigenvalue weighted by Gasteiger charge is -2.23. The lowest BCUT2D eigenvalue weighted by Crippen LogP contribution is -2.22. The summed E-state index contributed by atoms with van der Waals surface area (Å²) in [5.74, 6) is 0. The normalized spacial score (nSPS) is 15.3. The van der Waals surface area contributed by atoms with Gasteiger partial charge in [-0.2, -0.15) is 13.2 Å². The summed E-state index contributed by atoms with van der Waals surface area (Å²) >= 11 is 0. The van der Waals surface area contributed by atoms with Gasteiger partial charge in [0.2, 0.25) is 0 Å². The third kappa shape index (κ3) is 3.95. The van der Waals surface area contributed by atoms with Crippen LogP contribution in [0.3, 0.4) is 0 Å². The second kappa shape index (κ2) is 6.83. The molecule has 0 spiro atoms. The number of nitrogens with one attached hydrogen (secondary N) is 1. The Kier molecular flexibility index (Phi) is 4.88. The first kappa shape index (κ1) is 18.6. The number of hydrogen-bond donors (Lipinski definition) is 1. The van der Waals surface area contributed by atoms with Gasteiger partial charge in [-0.3, -0.25) is 4.72 Å². The Bertz CT molecular complexity index is 905. The van der Waals surface area contributed by atoms with Crippen LogP contribution in [0.15, 0.2) is 47.4 Å². The first-order chi connectivity index (χ1) is 12.2. The smallest absolute Gasteiger partial charge is 0.370 e. The van der Waals surface area contributed by atoms with Crippen LogP contribution in [0.1, 0.15) is 24.0 Å². The van der Waals surface area contributed by atoms with Crippen molar-refractivity contribution in [3.8, 4) is 0 Å². The minimum absolute atomic E-state index is 0.0160. The number of alkyl halides is 3. The molecule has 4 nitrogen and oxygen atoms in total. The van der Waals surface area contributed by atoms with Gasteiger partial charge in [0.1, 0.15) is 0 Å². The van der Waals surface area contributed by atoms with E-state index in [4.69, 9.17) is 0 Å². The first-order valence-corrected chi connectivity index (χ1v) is 9.71. The molecule has 1 aliphatic heterocycles. The van der Waals surface area contributed by atoms with Gasteiger partial charge in [0.05, 0.1) is 21.8 Å². The number of rotatable bonds is 4. The standard InChI is InChI=1S/C18H19F3N2O2S/c1-13-5-4-6-15(11-13)26(24,25)22-16-12-14(18(19,20)21)7-8-17(16)23-9-2-3-10-23/h4-8,11-12,22H,2-3,9-10H2,1H3. The molecule has 1 N–H and O–H groups in total. The minimum atomic E-state index is -4.55. The molecule has 0 amide bonds. The van der Waals surface area contributed by atoms with Crippen molar-refractivity contribution in [2.24, 2.45) is 0 Å². The van der Waals surface area contributed by atoms with E-state index in [9.17, 15) is 21.6 Å². The zero-order valence-electron chi connectivity index (χ0n) is 14.2. The van der Waals surface area contributed by atoms with E-state index >= 15 is 0 Å². The van der Waals surface area contributed by atoms with Crippen LogP contribution in [0, 0.1) is 6.92 Å². The Morgan fingerprint density at radius 3 is 2.35 bits per heavy atom. The van der Waals surface area contributed by atoms with Crippen LogP contribution in [0.5, 0.6) is 0 Å². The second-order valence-corrected chi connectivity index (χ2v) is 8.03. The molecule has 0 bridgehead atoms. The second-order valence-electron chi connectivity index (χ2n) is 6.35. The van der Waals surface area contributed by atoms with Crippen LogP contribution >= 0.6 is 0 Å². The topological polar surface area (TPSA) is 49.4 Å². The number of hydrogen-bond acceptors (Lipinski definition) is 3. The average molecular weight is 384 g/mol. The van der Waals surface area contributed by atoms with Crippen LogP contribution in [-0.2, 0) is 16.2 Å². The van der Waals surface area contributed by atoms with Crippen LogP contribution in [-0.4, -0.2) is 21.5 Å². The van der Waals surface area contributed by atoms with E-state index in [0.717, 1.165) is 30.5 Å². The van der Waals surface area contributed by atoms with E-state index in [0.29, 0.717) is 18.8 Å². The number of halogens is 3. The predicted octanol–water partition coefficient (Wildman–Crippen LogP) is 4.41. The van der Waals surface area contributed by atoms with Crippen LogP contribution in [0.2, 0.25) is 0 Å². The summed E-state index contributed by atoms with van der Waals surface area (Å²) in [6.07, 6.45) is -2.71. The zero-order chi connectivity index (χ0) is 18.9. The number of anilines is 2. The molecule has 2 aromatic rings. The molecule has 1 aliphatic rings. The van der Waals surface area contributed by atoms with Gasteiger partial charge in [-0.25, -0.2) is 8.42 Å². The molecule has 1 saturated heterocycles. The molecule has 1 heterocycles. The van der Waals surface area contributed by atoms with Gasteiger partial charge < -0.3 is 4.90 Å². The molecule has 0 aliphatic carbocycles. The molecule has 26 heavy (non-hydrogen) atoms. The van der Waals surface area contributed by atoms with E-state index in [2.05, 4.69) is 4.72 Å². The molecular formula is C18H19F3N2O2S. The highest BCUT2D eigenvalue weighted by atomic mass is 32.2. The number of aryl methyl sites for hydroxylation is 1. The van der Waals surface area contributed by atoms with Crippen molar-refractivity contribution in [3.63, 3.8) is 0 Å². The fourth-order valence-electron chi connectivity index (χ4n) is 3.01. The monoisotopic (exact) mass is 384 g/mol. The van der Waals surface area contributed by atoms with Crippen LogP contribution < -0.4 is 9.62 Å². The van der Waals surface area contributed by atoms with Crippen molar-refractivity contribution in [1.29, 1.82) is 0 Å². The highest BCUT2D eigenvalue weighted by molar-refractivity contribution is 7.92. The van der Waals surface area contributed by atoms with E-state index in [1.165, 1.54) is 18.2 Å². The van der Waals surface area contributed by atoms with Crippen molar-refractivity contribution in [3.05, 3.63) is 53.6 Å². The van der Waals surface area contributed by atoms with E-state index < -0.39 is 21.8 Å². The van der Waals surface area contributed by atoms with Gasteiger partial charge in [0, 0.05) is 13.1 Å². The zero-order valence-corrected chi connectivity index (χ0v) is 15.0. The Morgan fingerprint density at radius 2 is 1.73 bits per heavy atom. The van der Waals surface area contributed by atoms with Crippen molar-refractivity contribution in [2.75, 3.05) is 22.7 Å². The molecule has 140 valence electrons. The predicted molar refractivity (Wildman–Crippen MR) is 94.9 cm³/mol. The molecular weight excluding hydrogens is 365 g/mol. The Balaban J connectivity index is 2.03. The van der Waals surface area contributed by atoms with Gasteiger partial charge in [0.15, 0.2) is 0 Å². The molecule has 8 heteroatoms. The third-order valence-corrected chi connectivity index (χ3v) is 5.68. The van der Waals surface area contributed by atoms with Crippen molar-refractivity contribution < 1.29 is 21.6 Å². The minimum Gasteiger partial charge on any atom is -0.370 e. The number of nitrogens with zero attached hydrogens (tertiary/aromatic N) is 1.